The van der Waals surface area contributed by atoms with Crippen LogP contribution in [0.1, 0.15) is 114 Å². The van der Waals surface area contributed by atoms with E-state index in [9.17, 15) is 9.59 Å². The Bertz CT molecular complexity index is 2820. The second-order valence-electron chi connectivity index (χ2n) is 19.7. The van der Waals surface area contributed by atoms with E-state index < -0.39 is 11.6 Å². The van der Waals surface area contributed by atoms with Gasteiger partial charge in [0.15, 0.2) is 0 Å². The van der Waals surface area contributed by atoms with Crippen LogP contribution in [0, 0.1) is 27.7 Å². The van der Waals surface area contributed by atoms with Crippen molar-refractivity contribution in [1.29, 1.82) is 0 Å². The van der Waals surface area contributed by atoms with Crippen LogP contribution in [0.4, 0.5) is 4.79 Å². The summed E-state index contributed by atoms with van der Waals surface area (Å²) in [7, 11) is 1.76. The van der Waals surface area contributed by atoms with E-state index in [-0.39, 0.29) is 48.6 Å². The maximum Gasteiger partial charge on any atom is 0.513 e. The molecule has 0 amide bonds. The van der Waals surface area contributed by atoms with Crippen LogP contribution in [0.5, 0.6) is 23.0 Å². The zero-order valence-corrected chi connectivity index (χ0v) is 39.9. The fourth-order valence-corrected chi connectivity index (χ4v) is 12.3. The van der Waals surface area contributed by atoms with Crippen molar-refractivity contribution in [3.8, 4) is 34.1 Å². The van der Waals surface area contributed by atoms with Gasteiger partial charge in [-0.05, 0) is 154 Å². The summed E-state index contributed by atoms with van der Waals surface area (Å²) >= 11 is 0. The summed E-state index contributed by atoms with van der Waals surface area (Å²) in [6, 6.07) is 38.0. The molecule has 6 aromatic rings. The van der Waals surface area contributed by atoms with Crippen LogP contribution in [-0.4, -0.2) is 45.7 Å². The van der Waals surface area contributed by atoms with E-state index in [4.69, 9.17) is 28.4 Å². The van der Waals surface area contributed by atoms with E-state index in [1.54, 1.807) is 7.11 Å². The molecular formula is C58H60O8. The van der Waals surface area contributed by atoms with Crippen molar-refractivity contribution in [3.63, 3.8) is 0 Å². The lowest BCUT2D eigenvalue weighted by Gasteiger charge is -2.34. The monoisotopic (exact) mass is 884 g/mol. The van der Waals surface area contributed by atoms with Crippen molar-refractivity contribution >= 4 is 12.1 Å². The summed E-state index contributed by atoms with van der Waals surface area (Å²) in [6.07, 6.45) is 1.15. The minimum absolute atomic E-state index is 0.0144. The number of carbonyl (C=O) groups excluding carboxylic acids is 2. The highest BCUT2D eigenvalue weighted by Gasteiger charge is 2.58. The first-order valence-corrected chi connectivity index (χ1v) is 23.0. The molecule has 8 heteroatoms. The van der Waals surface area contributed by atoms with Gasteiger partial charge in [0.2, 0.25) is 0 Å². The maximum atomic E-state index is 13.5. The van der Waals surface area contributed by atoms with Gasteiger partial charge in [-0.2, -0.15) is 0 Å². The van der Waals surface area contributed by atoms with Crippen LogP contribution in [0.2, 0.25) is 0 Å². The van der Waals surface area contributed by atoms with Gasteiger partial charge in [0.05, 0.1) is 12.5 Å². The van der Waals surface area contributed by atoms with Crippen LogP contribution >= 0.6 is 0 Å². The first kappa shape index (κ1) is 44.7. The number of rotatable bonds is 12. The minimum Gasteiger partial charge on any atom is -0.496 e. The SMILES string of the molecule is COc1c(C)cc2c(c1C)C1(CC2(C)C)CC(C)(C)c2cc(C)c(OC(=O)OCCOc3ccc(C4(c5ccc(OCCOC(C)=O)cc5)c5ccccc5-c5ccccc54)cc3)c(C)c21. The van der Waals surface area contributed by atoms with Gasteiger partial charge < -0.3 is 28.4 Å². The van der Waals surface area contributed by atoms with Crippen molar-refractivity contribution in [2.75, 3.05) is 33.5 Å². The van der Waals surface area contributed by atoms with E-state index in [1.807, 2.05) is 31.2 Å². The van der Waals surface area contributed by atoms with Gasteiger partial charge in [-0.25, -0.2) is 4.79 Å². The molecule has 1 atom stereocenters. The predicted octanol–water partition coefficient (Wildman–Crippen LogP) is 12.5. The number of fused-ring (bicyclic) bond motifs is 7. The Kier molecular flexibility index (Phi) is 11.3. The number of benzene rings is 6. The van der Waals surface area contributed by atoms with Gasteiger partial charge >= 0.3 is 12.1 Å². The summed E-state index contributed by atoms with van der Waals surface area (Å²) in [6.45, 7) is 19.8. The molecule has 0 aromatic heterocycles. The zero-order chi connectivity index (χ0) is 46.8. The Morgan fingerprint density at radius 3 is 1.45 bits per heavy atom. The van der Waals surface area contributed by atoms with Crippen LogP contribution in [0.3, 0.4) is 0 Å². The lowest BCUT2D eigenvalue weighted by atomic mass is 9.68. The van der Waals surface area contributed by atoms with E-state index in [0.717, 1.165) is 46.4 Å². The van der Waals surface area contributed by atoms with Crippen molar-refractivity contribution in [1.82, 2.24) is 0 Å². The lowest BCUT2D eigenvalue weighted by molar-refractivity contribution is -0.141. The van der Waals surface area contributed by atoms with Gasteiger partial charge in [0.25, 0.3) is 0 Å². The molecule has 9 rings (SSSR count). The molecule has 0 saturated carbocycles. The van der Waals surface area contributed by atoms with E-state index in [0.29, 0.717) is 17.2 Å². The summed E-state index contributed by atoms with van der Waals surface area (Å²) in [5.41, 5.74) is 15.4. The van der Waals surface area contributed by atoms with Gasteiger partial charge in [-0.15, -0.1) is 0 Å². The molecule has 0 N–H and O–H groups in total. The molecule has 1 unspecified atom stereocenters. The Hall–Kier alpha value is -6.54. The average molecular weight is 885 g/mol. The van der Waals surface area contributed by atoms with E-state index in [1.165, 1.54) is 57.0 Å². The first-order valence-electron chi connectivity index (χ1n) is 23.0. The lowest BCUT2D eigenvalue weighted by Crippen LogP contribution is -2.28. The maximum absolute atomic E-state index is 13.5. The Labute approximate surface area is 389 Å². The van der Waals surface area contributed by atoms with Crippen molar-refractivity contribution in [3.05, 3.63) is 176 Å². The highest BCUT2D eigenvalue weighted by atomic mass is 16.7. The largest absolute Gasteiger partial charge is 0.513 e. The fraction of sp³-hybridized carbons (Fsp3) is 0.345. The van der Waals surface area contributed by atoms with Crippen molar-refractivity contribution in [2.45, 2.75) is 96.8 Å². The number of hydrogen-bond donors (Lipinski definition) is 0. The quantitative estimate of drug-likeness (QED) is 0.0681. The summed E-state index contributed by atoms with van der Waals surface area (Å²) in [5.74, 6) is 2.51. The highest BCUT2D eigenvalue weighted by Crippen LogP contribution is 2.66. The second kappa shape index (κ2) is 16.7. The predicted molar refractivity (Wildman–Crippen MR) is 258 cm³/mol. The Balaban J connectivity index is 0.925. The smallest absolute Gasteiger partial charge is 0.496 e. The molecule has 3 aliphatic carbocycles. The molecule has 8 nitrogen and oxygen atoms in total. The number of hydrogen-bond acceptors (Lipinski definition) is 8. The molecule has 0 bridgehead atoms. The van der Waals surface area contributed by atoms with Gasteiger partial charge in [0.1, 0.15) is 49.4 Å². The number of ether oxygens (including phenoxy) is 6. The fourth-order valence-electron chi connectivity index (χ4n) is 12.3. The van der Waals surface area contributed by atoms with Crippen LogP contribution in [0.15, 0.2) is 109 Å². The number of methoxy groups -OCH3 is 1. The highest BCUT2D eigenvalue weighted by molar-refractivity contribution is 5.86. The third kappa shape index (κ3) is 7.20. The second-order valence-corrected chi connectivity index (χ2v) is 19.7. The normalized spacial score (nSPS) is 17.6. The third-order valence-electron chi connectivity index (χ3n) is 14.5. The molecule has 6 aromatic carbocycles. The third-order valence-corrected chi connectivity index (χ3v) is 14.5. The molecule has 0 heterocycles. The number of carbonyl (C=O) groups is 2. The average Bonchev–Trinajstić information content (AvgIpc) is 3.80. The molecule has 0 aliphatic heterocycles. The summed E-state index contributed by atoms with van der Waals surface area (Å²) < 4.78 is 34.9. The van der Waals surface area contributed by atoms with Crippen LogP contribution in [0.25, 0.3) is 11.1 Å². The molecule has 0 fully saturated rings. The number of aryl methyl sites for hydroxylation is 2. The minimum atomic E-state index is -0.756. The van der Waals surface area contributed by atoms with E-state index in [2.05, 4.69) is 133 Å². The van der Waals surface area contributed by atoms with Crippen molar-refractivity contribution < 1.29 is 38.0 Å². The summed E-state index contributed by atoms with van der Waals surface area (Å²) in [5, 5.41) is 0. The summed E-state index contributed by atoms with van der Waals surface area (Å²) in [4.78, 5) is 24.7. The van der Waals surface area contributed by atoms with Gasteiger partial charge in [-0.3, -0.25) is 4.79 Å². The molecular weight excluding hydrogens is 825 g/mol. The molecule has 3 aliphatic rings. The molecule has 0 radical (unpaired) electrons. The van der Waals surface area contributed by atoms with E-state index >= 15 is 0 Å². The molecule has 340 valence electrons. The zero-order valence-electron chi connectivity index (χ0n) is 39.9. The molecule has 0 saturated heterocycles. The Morgan fingerprint density at radius 1 is 0.545 bits per heavy atom. The van der Waals surface area contributed by atoms with Gasteiger partial charge in [0, 0.05) is 12.3 Å². The topological polar surface area (TPSA) is 89.5 Å². The van der Waals surface area contributed by atoms with Crippen LogP contribution in [-0.2, 0) is 35.9 Å². The van der Waals surface area contributed by atoms with Gasteiger partial charge in [-0.1, -0.05) is 113 Å². The first-order chi connectivity index (χ1) is 31.5. The van der Waals surface area contributed by atoms with Crippen LogP contribution < -0.4 is 18.9 Å². The number of esters is 1. The Morgan fingerprint density at radius 2 is 0.985 bits per heavy atom. The molecule has 1 spiro atoms. The molecule has 66 heavy (non-hydrogen) atoms. The van der Waals surface area contributed by atoms with Crippen molar-refractivity contribution in [2.24, 2.45) is 0 Å². The standard InChI is InChI=1S/C58H60O8/c1-35-31-48-50(37(3)52(35)61-10)57(33-55(48,6)7)34-56(8,9)49-32-36(2)53(38(4)51(49)57)66-54(60)65-30-29-64-43-25-21-41(22-26-43)58(40-19-23-42(24-20-40)63-28-27-62-39(5)59)46-17-13-11-15-44(46)45-16-12-14-18-47(45)58/h11-26,31-32H,27-30,33-34H2,1-10H3.